The Bertz CT molecular complexity index is 646. The highest BCUT2D eigenvalue weighted by atomic mass is 31.3. The Kier molecular flexibility index (Phi) is 8.19. The van der Waals surface area contributed by atoms with Crippen LogP contribution in [0.1, 0.15) is 13.3 Å². The molecular weight excluding hydrogens is 411 g/mol. The number of ether oxygens (including phenoxy) is 2. The number of rotatable bonds is 10. The Morgan fingerprint density at radius 1 is 1.20 bits per heavy atom. The summed E-state index contributed by atoms with van der Waals surface area (Å²) in [6.45, 7) is 0.729. The summed E-state index contributed by atoms with van der Waals surface area (Å²) in [6.07, 6.45) is -1.52. The van der Waals surface area contributed by atoms with Crippen molar-refractivity contribution >= 4 is 23.5 Å². The van der Waals surface area contributed by atoms with Crippen molar-refractivity contribution in [3.05, 3.63) is 10.4 Å². The summed E-state index contributed by atoms with van der Waals surface area (Å²) in [7, 11) is -16.3. The average Bonchev–Trinajstić information content (AvgIpc) is 2.73. The topological polar surface area (TPSA) is 227 Å². The minimum atomic E-state index is -5.57. The van der Waals surface area contributed by atoms with E-state index in [1.807, 2.05) is 0 Å². The maximum absolute atomic E-state index is 11.6. The lowest BCUT2D eigenvalue weighted by Gasteiger charge is -2.20. The molecule has 0 saturated carbocycles. The van der Waals surface area contributed by atoms with Crippen LogP contribution in [0.25, 0.3) is 10.4 Å². The monoisotopic (exact) mass is 427 g/mol. The Hall–Kier alpha value is -0.360. The van der Waals surface area contributed by atoms with Gasteiger partial charge in [-0.2, -0.15) is 8.62 Å². The minimum Gasteiger partial charge on any atom is -0.370 e. The Balaban J connectivity index is 2.61. The Labute approximate surface area is 140 Å². The zero-order valence-corrected chi connectivity index (χ0v) is 15.3. The molecule has 0 aromatic rings. The molecule has 15 nitrogen and oxygen atoms in total. The zero-order chi connectivity index (χ0) is 19.3. The molecule has 0 aromatic carbocycles. The zero-order valence-electron chi connectivity index (χ0n) is 12.6. The number of hydrogen-bond donors (Lipinski definition) is 4. The maximum Gasteiger partial charge on any atom is 0.490 e. The van der Waals surface area contributed by atoms with E-state index in [1.165, 1.54) is 0 Å². The van der Waals surface area contributed by atoms with Crippen molar-refractivity contribution < 1.29 is 55.9 Å². The number of azide groups is 1. The smallest absolute Gasteiger partial charge is 0.370 e. The summed E-state index contributed by atoms with van der Waals surface area (Å²) in [5.41, 5.74) is 8.18. The minimum absolute atomic E-state index is 0.314. The molecule has 18 heteroatoms. The third-order valence-electron chi connectivity index (χ3n) is 2.61. The van der Waals surface area contributed by atoms with Crippen LogP contribution >= 0.6 is 23.5 Å². The number of phosphoric acid groups is 3. The van der Waals surface area contributed by atoms with Gasteiger partial charge in [0.15, 0.2) is 0 Å². The van der Waals surface area contributed by atoms with Crippen LogP contribution in [0, 0.1) is 0 Å². The molecule has 3 unspecified atom stereocenters. The van der Waals surface area contributed by atoms with E-state index in [2.05, 4.69) is 23.2 Å². The Morgan fingerprint density at radius 3 is 2.40 bits per heavy atom. The van der Waals surface area contributed by atoms with E-state index < -0.39 is 42.3 Å². The van der Waals surface area contributed by atoms with E-state index in [1.54, 1.807) is 6.92 Å². The molecule has 0 spiro atoms. The van der Waals surface area contributed by atoms with E-state index in [0.717, 1.165) is 0 Å². The normalized spacial score (nSPS) is 28.8. The Morgan fingerprint density at radius 2 is 1.84 bits per heavy atom. The van der Waals surface area contributed by atoms with E-state index in [9.17, 15) is 18.6 Å². The average molecular weight is 427 g/mol. The third kappa shape index (κ3) is 9.23. The van der Waals surface area contributed by atoms with Crippen molar-refractivity contribution in [2.75, 3.05) is 13.3 Å². The number of phosphoric ester groups is 1. The van der Waals surface area contributed by atoms with Crippen molar-refractivity contribution in [1.29, 1.82) is 0 Å². The van der Waals surface area contributed by atoms with Gasteiger partial charge in [0.2, 0.25) is 0 Å². The lowest BCUT2D eigenvalue weighted by Crippen LogP contribution is -2.29. The third-order valence-corrected chi connectivity index (χ3v) is 6.42. The van der Waals surface area contributed by atoms with Gasteiger partial charge < -0.3 is 29.0 Å². The van der Waals surface area contributed by atoms with Crippen LogP contribution in [0.15, 0.2) is 5.11 Å². The highest BCUT2D eigenvalue weighted by Crippen LogP contribution is 2.66. The van der Waals surface area contributed by atoms with Crippen LogP contribution in [0.4, 0.5) is 0 Å². The van der Waals surface area contributed by atoms with Gasteiger partial charge in [0.05, 0.1) is 18.8 Å². The standard InChI is InChI=1S/C7H16N3O12P3/c1-5-2-6(18-4-9-10-8)7(20-5)3-19-24(14,15)22-25(16,17)21-23(11,12)13/h5-7H,2-4H2,1H3,(H,14,15)(H,16,17)(H2,11,12,13)/t5-,6?,7+/m0/s1. The summed E-state index contributed by atoms with van der Waals surface area (Å²) >= 11 is 0. The van der Waals surface area contributed by atoms with Gasteiger partial charge in [-0.3, -0.25) is 4.52 Å². The molecule has 4 N–H and O–H groups in total. The van der Waals surface area contributed by atoms with Crippen molar-refractivity contribution in [3.8, 4) is 0 Å². The highest BCUT2D eigenvalue weighted by molar-refractivity contribution is 7.66. The second kappa shape index (κ2) is 9.03. The quantitative estimate of drug-likeness (QED) is 0.167. The molecule has 1 aliphatic rings. The molecule has 0 aliphatic carbocycles. The van der Waals surface area contributed by atoms with Gasteiger partial charge >= 0.3 is 23.5 Å². The van der Waals surface area contributed by atoms with Gasteiger partial charge in [-0.1, -0.05) is 5.11 Å². The fourth-order valence-electron chi connectivity index (χ4n) is 1.87. The van der Waals surface area contributed by atoms with Crippen molar-refractivity contribution in [2.24, 2.45) is 5.11 Å². The van der Waals surface area contributed by atoms with Gasteiger partial charge in [0.25, 0.3) is 0 Å². The summed E-state index contributed by atoms with van der Waals surface area (Å²) in [5.74, 6) is 0. The molecule has 0 amide bonds. The lowest BCUT2D eigenvalue weighted by atomic mass is 10.1. The van der Waals surface area contributed by atoms with Crippen LogP contribution in [0.3, 0.4) is 0 Å². The first-order chi connectivity index (χ1) is 11.3. The molecule has 25 heavy (non-hydrogen) atoms. The van der Waals surface area contributed by atoms with Gasteiger partial charge in [0, 0.05) is 11.3 Å². The van der Waals surface area contributed by atoms with Crippen LogP contribution in [0.5, 0.6) is 0 Å². The van der Waals surface area contributed by atoms with Crippen LogP contribution in [-0.2, 0) is 36.3 Å². The fourth-order valence-corrected chi connectivity index (χ4v) is 4.90. The molecule has 5 atom stereocenters. The van der Waals surface area contributed by atoms with Crippen LogP contribution < -0.4 is 0 Å². The maximum atomic E-state index is 11.6. The fraction of sp³-hybridized carbons (Fsp3) is 1.00. The van der Waals surface area contributed by atoms with Crippen molar-refractivity contribution in [1.82, 2.24) is 0 Å². The predicted octanol–water partition coefficient (Wildman–Crippen LogP) is 1.16. The molecular formula is C7H16N3O12P3. The summed E-state index contributed by atoms with van der Waals surface area (Å²) in [6, 6.07) is 0. The van der Waals surface area contributed by atoms with Crippen LogP contribution in [0.2, 0.25) is 0 Å². The molecule has 1 heterocycles. The first-order valence-electron chi connectivity index (χ1n) is 6.40. The molecule has 0 radical (unpaired) electrons. The number of nitrogens with zero attached hydrogens (tertiary/aromatic N) is 3. The van der Waals surface area contributed by atoms with E-state index in [4.69, 9.17) is 29.7 Å². The molecule has 1 fully saturated rings. The summed E-state index contributed by atoms with van der Waals surface area (Å²) < 4.78 is 55.4. The van der Waals surface area contributed by atoms with Gasteiger partial charge in [-0.25, -0.2) is 13.7 Å². The second-order valence-corrected chi connectivity index (χ2v) is 9.09. The van der Waals surface area contributed by atoms with E-state index in [-0.39, 0.29) is 12.8 Å². The van der Waals surface area contributed by atoms with Crippen molar-refractivity contribution in [2.45, 2.75) is 31.7 Å². The first-order valence-corrected chi connectivity index (χ1v) is 10.9. The van der Waals surface area contributed by atoms with Gasteiger partial charge in [0.1, 0.15) is 12.8 Å². The summed E-state index contributed by atoms with van der Waals surface area (Å²) in [5, 5.41) is 3.16. The lowest BCUT2D eigenvalue weighted by molar-refractivity contribution is -0.0418. The number of hydrogen-bond acceptors (Lipinski definition) is 9. The SMILES string of the molecule is C[C@H]1CC(OCN=[N+]=[N-])[C@@H](COP(=O)(O)OP(=O)(O)OP(=O)(O)O)O1. The molecule has 146 valence electrons. The largest absolute Gasteiger partial charge is 0.490 e. The van der Waals surface area contributed by atoms with Gasteiger partial charge in [-0.05, 0) is 12.5 Å². The van der Waals surface area contributed by atoms with E-state index in [0.29, 0.717) is 6.42 Å². The predicted molar refractivity (Wildman–Crippen MR) is 77.7 cm³/mol. The molecule has 0 aromatic heterocycles. The second-order valence-electron chi connectivity index (χ2n) is 4.67. The molecule has 1 rings (SSSR count). The van der Waals surface area contributed by atoms with Gasteiger partial charge in [-0.15, -0.1) is 0 Å². The highest BCUT2D eigenvalue weighted by Gasteiger charge is 2.42. The molecule has 0 bridgehead atoms. The molecule has 1 aliphatic heterocycles. The van der Waals surface area contributed by atoms with E-state index >= 15 is 0 Å². The first kappa shape index (κ1) is 22.7. The molecule has 1 saturated heterocycles. The summed E-state index contributed by atoms with van der Waals surface area (Å²) in [4.78, 5) is 37.7. The van der Waals surface area contributed by atoms with Crippen molar-refractivity contribution in [3.63, 3.8) is 0 Å². The van der Waals surface area contributed by atoms with Crippen LogP contribution in [-0.4, -0.2) is 51.2 Å².